The normalized spacial score (nSPS) is 26.9. The number of phenols is 1. The van der Waals surface area contributed by atoms with Crippen molar-refractivity contribution in [3.05, 3.63) is 89.5 Å². The number of rotatable bonds is 3. The number of hydrogen-bond donors (Lipinski definition) is 3. The third-order valence-electron chi connectivity index (χ3n) is 7.15. The van der Waals surface area contributed by atoms with E-state index in [4.69, 9.17) is 0 Å². The molecule has 6 rings (SSSR count). The summed E-state index contributed by atoms with van der Waals surface area (Å²) in [6.45, 7) is 0. The highest BCUT2D eigenvalue weighted by Crippen LogP contribution is 2.54. The minimum Gasteiger partial charge on any atom is -0.508 e. The van der Waals surface area contributed by atoms with Crippen LogP contribution in [0.25, 0.3) is 0 Å². The topological polar surface area (TPSA) is 98.7 Å². The standard InChI is InChI=1S/C26H19F2N3O4/c27-14-3-6-16(7-4-14)31-23(33)21-20(11-13-1-8-17(32)9-2-13)30-26(22(21)24(31)34)18-12-15(28)5-10-19(18)29-25(26)35/h1-10,12,20-22,30,32H,11H2,(H,29,35)/t20-,21-,22+,26+/m1/s1. The molecule has 0 bridgehead atoms. The van der Waals surface area contributed by atoms with Crippen molar-refractivity contribution in [1.82, 2.24) is 5.32 Å². The van der Waals surface area contributed by atoms with Crippen LogP contribution in [0.15, 0.2) is 66.7 Å². The molecule has 3 aliphatic heterocycles. The number of benzene rings is 3. The molecule has 3 aromatic rings. The van der Waals surface area contributed by atoms with Crippen molar-refractivity contribution in [3.8, 4) is 5.75 Å². The highest BCUT2D eigenvalue weighted by molar-refractivity contribution is 6.25. The average molecular weight is 475 g/mol. The van der Waals surface area contributed by atoms with Crippen molar-refractivity contribution < 1.29 is 28.3 Å². The number of imide groups is 1. The van der Waals surface area contributed by atoms with Crippen molar-refractivity contribution in [3.63, 3.8) is 0 Å². The van der Waals surface area contributed by atoms with E-state index in [0.29, 0.717) is 5.69 Å². The molecule has 3 N–H and O–H groups in total. The third-order valence-corrected chi connectivity index (χ3v) is 7.15. The van der Waals surface area contributed by atoms with E-state index in [9.17, 15) is 28.3 Å². The number of phenolic OH excluding ortho intramolecular Hbond substituents is 1. The lowest BCUT2D eigenvalue weighted by atomic mass is 9.76. The van der Waals surface area contributed by atoms with Crippen molar-refractivity contribution in [1.29, 1.82) is 0 Å². The summed E-state index contributed by atoms with van der Waals surface area (Å²) in [6.07, 6.45) is 0.275. The van der Waals surface area contributed by atoms with Crippen LogP contribution in [0.1, 0.15) is 11.1 Å². The molecule has 2 saturated heterocycles. The molecule has 7 nitrogen and oxygen atoms in total. The Morgan fingerprint density at radius 3 is 2.29 bits per heavy atom. The number of carbonyl (C=O) groups excluding carboxylic acids is 3. The van der Waals surface area contributed by atoms with Crippen molar-refractivity contribution in [2.24, 2.45) is 11.8 Å². The average Bonchev–Trinajstić information content (AvgIpc) is 3.41. The van der Waals surface area contributed by atoms with Crippen molar-refractivity contribution >= 4 is 29.1 Å². The second-order valence-electron chi connectivity index (χ2n) is 9.07. The van der Waals surface area contributed by atoms with Gasteiger partial charge in [0.1, 0.15) is 22.9 Å². The van der Waals surface area contributed by atoms with Crippen LogP contribution in [0.2, 0.25) is 0 Å². The number of nitrogens with zero attached hydrogens (tertiary/aromatic N) is 1. The van der Waals surface area contributed by atoms with E-state index in [-0.39, 0.29) is 23.4 Å². The molecule has 0 saturated carbocycles. The Hall–Kier alpha value is -4.11. The molecule has 0 unspecified atom stereocenters. The minimum atomic E-state index is -1.65. The zero-order chi connectivity index (χ0) is 24.5. The zero-order valence-corrected chi connectivity index (χ0v) is 18.2. The van der Waals surface area contributed by atoms with Crippen LogP contribution < -0.4 is 15.5 Å². The van der Waals surface area contributed by atoms with E-state index in [0.717, 1.165) is 22.6 Å². The molecule has 0 aromatic heterocycles. The van der Waals surface area contributed by atoms with Crippen LogP contribution >= 0.6 is 0 Å². The van der Waals surface area contributed by atoms with Gasteiger partial charge >= 0.3 is 0 Å². The lowest BCUT2D eigenvalue weighted by molar-refractivity contribution is -0.130. The molecule has 3 amide bonds. The lowest BCUT2D eigenvalue weighted by Gasteiger charge is -2.29. The Labute approximate surface area is 198 Å². The van der Waals surface area contributed by atoms with Crippen LogP contribution in [-0.2, 0) is 26.3 Å². The predicted molar refractivity (Wildman–Crippen MR) is 121 cm³/mol. The largest absolute Gasteiger partial charge is 0.508 e. The van der Waals surface area contributed by atoms with Gasteiger partial charge in [0.25, 0.3) is 0 Å². The van der Waals surface area contributed by atoms with Gasteiger partial charge in [0, 0.05) is 17.3 Å². The van der Waals surface area contributed by atoms with Gasteiger partial charge in [-0.2, -0.15) is 0 Å². The van der Waals surface area contributed by atoms with Crippen LogP contribution in [0, 0.1) is 23.5 Å². The summed E-state index contributed by atoms with van der Waals surface area (Å²) in [4.78, 5) is 41.9. The molecule has 4 atom stereocenters. The third kappa shape index (κ3) is 3.01. The Balaban J connectivity index is 1.49. The van der Waals surface area contributed by atoms with Gasteiger partial charge in [-0.05, 0) is 66.6 Å². The number of amides is 3. The minimum absolute atomic E-state index is 0.0802. The first-order valence-corrected chi connectivity index (χ1v) is 11.1. The summed E-state index contributed by atoms with van der Waals surface area (Å²) in [5.41, 5.74) is -0.0338. The van der Waals surface area contributed by atoms with Crippen molar-refractivity contribution in [2.75, 3.05) is 10.2 Å². The first kappa shape index (κ1) is 21.4. The summed E-state index contributed by atoms with van der Waals surface area (Å²) < 4.78 is 27.8. The number of aromatic hydroxyl groups is 1. The van der Waals surface area contributed by atoms with Gasteiger partial charge in [0.15, 0.2) is 0 Å². The Morgan fingerprint density at radius 2 is 1.57 bits per heavy atom. The monoisotopic (exact) mass is 475 g/mol. The summed E-state index contributed by atoms with van der Waals surface area (Å²) in [7, 11) is 0. The van der Waals surface area contributed by atoms with Gasteiger partial charge in [-0.1, -0.05) is 12.1 Å². The highest BCUT2D eigenvalue weighted by Gasteiger charge is 2.70. The molecule has 9 heteroatoms. The van der Waals surface area contributed by atoms with Gasteiger partial charge in [0.05, 0.1) is 17.5 Å². The molecule has 2 fully saturated rings. The van der Waals surface area contributed by atoms with Crippen LogP contribution in [0.5, 0.6) is 5.75 Å². The van der Waals surface area contributed by atoms with E-state index in [1.807, 2.05) is 0 Å². The van der Waals surface area contributed by atoms with E-state index in [1.165, 1.54) is 42.5 Å². The number of carbonyl (C=O) groups is 3. The number of fused-ring (bicyclic) bond motifs is 4. The molecule has 3 heterocycles. The van der Waals surface area contributed by atoms with Gasteiger partial charge in [0.2, 0.25) is 17.7 Å². The summed E-state index contributed by atoms with van der Waals surface area (Å²) in [5, 5.41) is 15.6. The maximum Gasteiger partial charge on any atom is 0.250 e. The first-order valence-electron chi connectivity index (χ1n) is 11.1. The smallest absolute Gasteiger partial charge is 0.250 e. The summed E-state index contributed by atoms with van der Waals surface area (Å²) in [5.74, 6) is -4.74. The van der Waals surface area contributed by atoms with E-state index in [2.05, 4.69) is 10.6 Å². The predicted octanol–water partition coefficient (Wildman–Crippen LogP) is 2.84. The zero-order valence-electron chi connectivity index (χ0n) is 18.2. The Kier molecular flexibility index (Phi) is 4.56. The van der Waals surface area contributed by atoms with Crippen LogP contribution in [0.3, 0.4) is 0 Å². The molecular weight excluding hydrogens is 456 g/mol. The van der Waals surface area contributed by atoms with E-state index < -0.39 is 52.8 Å². The fraction of sp³-hybridized carbons (Fsp3) is 0.192. The number of anilines is 2. The molecular formula is C26H19F2N3O4. The Morgan fingerprint density at radius 1 is 0.886 bits per heavy atom. The summed E-state index contributed by atoms with van der Waals surface area (Å²) in [6, 6.07) is 14.6. The first-order chi connectivity index (χ1) is 16.8. The quantitative estimate of drug-likeness (QED) is 0.506. The van der Waals surface area contributed by atoms with Gasteiger partial charge in [-0.3, -0.25) is 19.7 Å². The highest BCUT2D eigenvalue weighted by atomic mass is 19.1. The SMILES string of the molecule is O=C1[C@H]2[C@@H](C(=O)N1c1ccc(F)cc1)[C@]1(N[C@@H]2Cc2ccc(O)cc2)C(=O)Nc2ccc(F)cc21. The molecule has 3 aliphatic rings. The molecule has 0 radical (unpaired) electrons. The fourth-order valence-electron chi connectivity index (χ4n) is 5.68. The van der Waals surface area contributed by atoms with Gasteiger partial charge < -0.3 is 10.4 Å². The molecule has 0 aliphatic carbocycles. The molecule has 3 aromatic carbocycles. The maximum atomic E-state index is 14.3. The molecule has 176 valence electrons. The van der Waals surface area contributed by atoms with Crippen LogP contribution in [0.4, 0.5) is 20.2 Å². The van der Waals surface area contributed by atoms with Gasteiger partial charge in [-0.15, -0.1) is 0 Å². The second-order valence-corrected chi connectivity index (χ2v) is 9.07. The maximum absolute atomic E-state index is 14.3. The summed E-state index contributed by atoms with van der Waals surface area (Å²) >= 11 is 0. The number of nitrogens with one attached hydrogen (secondary N) is 2. The lowest BCUT2D eigenvalue weighted by Crippen LogP contribution is -2.53. The molecule has 35 heavy (non-hydrogen) atoms. The van der Waals surface area contributed by atoms with Crippen molar-refractivity contribution in [2.45, 2.75) is 18.0 Å². The second kappa shape index (κ2) is 7.44. The van der Waals surface area contributed by atoms with Crippen LogP contribution in [-0.4, -0.2) is 28.9 Å². The number of halogens is 2. The molecule has 1 spiro atoms. The van der Waals surface area contributed by atoms with E-state index in [1.54, 1.807) is 12.1 Å². The Bertz CT molecular complexity index is 1390. The fourth-order valence-corrected chi connectivity index (χ4v) is 5.68. The van der Waals surface area contributed by atoms with E-state index >= 15 is 0 Å². The number of hydrogen-bond acceptors (Lipinski definition) is 5. The van der Waals surface area contributed by atoms with Gasteiger partial charge in [-0.25, -0.2) is 13.7 Å².